The smallest absolute Gasteiger partial charge is 0.262 e. The number of hydrogen-bond donors (Lipinski definition) is 0. The van der Waals surface area contributed by atoms with E-state index >= 15 is 0 Å². The van der Waals surface area contributed by atoms with Crippen molar-refractivity contribution in [3.05, 3.63) is 47.5 Å². The van der Waals surface area contributed by atoms with Crippen molar-refractivity contribution in [1.29, 1.82) is 0 Å². The topological polar surface area (TPSA) is 46.6 Å². The van der Waals surface area contributed by atoms with Crippen LogP contribution in [-0.2, 0) is 4.43 Å². The third-order valence-corrected chi connectivity index (χ3v) is 11.3. The van der Waals surface area contributed by atoms with Crippen LogP contribution in [0, 0.1) is 0 Å². The SMILES string of the molecule is CC(C)(C)[Si](C)(C)OC[C@@H](C=CCCCCCCBr)N1C(=O)c2ccccc2C1=O. The van der Waals surface area contributed by atoms with E-state index in [2.05, 4.69) is 55.9 Å². The summed E-state index contributed by atoms with van der Waals surface area (Å²) >= 11 is 3.47. The second-order valence-corrected chi connectivity index (χ2v) is 15.1. The zero-order valence-corrected chi connectivity index (χ0v) is 21.6. The number of rotatable bonds is 11. The monoisotopic (exact) mass is 493 g/mol. The van der Waals surface area contributed by atoms with Gasteiger partial charge in [0.15, 0.2) is 8.32 Å². The summed E-state index contributed by atoms with van der Waals surface area (Å²) in [5.41, 5.74) is 0.978. The summed E-state index contributed by atoms with van der Waals surface area (Å²) in [7, 11) is -2.00. The van der Waals surface area contributed by atoms with E-state index in [9.17, 15) is 9.59 Å². The van der Waals surface area contributed by atoms with E-state index < -0.39 is 8.32 Å². The number of benzene rings is 1. The van der Waals surface area contributed by atoms with Crippen LogP contribution in [0.25, 0.3) is 0 Å². The molecule has 1 aliphatic rings. The molecule has 0 saturated carbocycles. The van der Waals surface area contributed by atoms with Gasteiger partial charge in [0.2, 0.25) is 0 Å². The second-order valence-electron chi connectivity index (χ2n) is 9.48. The lowest BCUT2D eigenvalue weighted by Gasteiger charge is -2.38. The normalized spacial score (nSPS) is 15.9. The summed E-state index contributed by atoms with van der Waals surface area (Å²) in [4.78, 5) is 27.4. The molecule has 1 aromatic carbocycles. The fourth-order valence-corrected chi connectivity index (χ4v) is 4.62. The lowest BCUT2D eigenvalue weighted by molar-refractivity contribution is 0.0569. The van der Waals surface area contributed by atoms with Crippen LogP contribution in [0.15, 0.2) is 36.4 Å². The number of alkyl halides is 1. The summed E-state index contributed by atoms with van der Waals surface area (Å²) in [6.45, 7) is 11.3. The van der Waals surface area contributed by atoms with Crippen LogP contribution < -0.4 is 0 Å². The Labute approximate surface area is 191 Å². The molecule has 6 heteroatoms. The van der Waals surface area contributed by atoms with Crippen LogP contribution in [0.3, 0.4) is 0 Å². The minimum absolute atomic E-state index is 0.0681. The van der Waals surface area contributed by atoms with Crippen molar-refractivity contribution in [2.45, 2.75) is 77.0 Å². The highest BCUT2D eigenvalue weighted by Gasteiger charge is 2.42. The van der Waals surface area contributed by atoms with Gasteiger partial charge in [0.1, 0.15) is 0 Å². The number of halogens is 1. The Balaban J connectivity index is 2.13. The number of unbranched alkanes of at least 4 members (excludes halogenated alkanes) is 4. The lowest BCUT2D eigenvalue weighted by atomic mass is 10.1. The van der Waals surface area contributed by atoms with Crippen molar-refractivity contribution in [3.8, 4) is 0 Å². The maximum absolute atomic E-state index is 13.0. The molecule has 1 heterocycles. The first-order chi connectivity index (χ1) is 14.1. The molecule has 0 bridgehead atoms. The van der Waals surface area contributed by atoms with Crippen molar-refractivity contribution < 1.29 is 14.0 Å². The van der Waals surface area contributed by atoms with E-state index in [4.69, 9.17) is 4.43 Å². The number of carbonyl (C=O) groups is 2. The standard InChI is InChI=1S/C24H36BrNO3Si/c1-24(2,3)30(4,5)29-18-19(14-10-8-6-7-9-13-17-25)26-22(27)20-15-11-12-16-21(20)23(26)28/h10-12,14-16,19H,6-9,13,17-18H2,1-5H3/t19-/m1/s1. The summed E-state index contributed by atoms with van der Waals surface area (Å²) in [6.07, 6.45) is 9.77. The van der Waals surface area contributed by atoms with Crippen molar-refractivity contribution in [2.24, 2.45) is 0 Å². The maximum atomic E-state index is 13.0. The van der Waals surface area contributed by atoms with Gasteiger partial charge < -0.3 is 4.43 Å². The van der Waals surface area contributed by atoms with Crippen molar-refractivity contribution >= 4 is 36.1 Å². The van der Waals surface area contributed by atoms with Crippen molar-refractivity contribution in [1.82, 2.24) is 4.90 Å². The Morgan fingerprint density at radius 3 is 2.13 bits per heavy atom. The number of imide groups is 1. The molecule has 30 heavy (non-hydrogen) atoms. The third kappa shape index (κ3) is 6.14. The van der Waals surface area contributed by atoms with Crippen molar-refractivity contribution in [2.75, 3.05) is 11.9 Å². The summed E-state index contributed by atoms with van der Waals surface area (Å²) < 4.78 is 6.41. The molecule has 0 aromatic heterocycles. The number of nitrogens with zero attached hydrogens (tertiary/aromatic N) is 1. The van der Waals surface area contributed by atoms with E-state index in [1.807, 2.05) is 6.08 Å². The molecule has 4 nitrogen and oxygen atoms in total. The Bertz CT molecular complexity index is 735. The van der Waals surface area contributed by atoms with Gasteiger partial charge in [-0.1, -0.05) is 73.8 Å². The van der Waals surface area contributed by atoms with Crippen LogP contribution in [0.2, 0.25) is 18.1 Å². The first-order valence-electron chi connectivity index (χ1n) is 10.9. The van der Waals surface area contributed by atoms with Gasteiger partial charge >= 0.3 is 0 Å². The molecular formula is C24H36BrNO3Si. The minimum atomic E-state index is -2.00. The quantitative estimate of drug-likeness (QED) is 0.115. The summed E-state index contributed by atoms with van der Waals surface area (Å²) in [5, 5.41) is 1.12. The molecular weight excluding hydrogens is 458 g/mol. The first kappa shape index (κ1) is 25.0. The summed E-state index contributed by atoms with van der Waals surface area (Å²) in [5.74, 6) is -0.442. The number of amides is 2. The molecule has 2 rings (SSSR count). The Hall–Kier alpha value is -1.24. The molecule has 0 fully saturated rings. The second kappa shape index (κ2) is 10.9. The van der Waals surface area contributed by atoms with E-state index in [1.165, 1.54) is 24.2 Å². The molecule has 0 N–H and O–H groups in total. The number of allylic oxidation sites excluding steroid dienone is 1. The van der Waals surface area contributed by atoms with Gasteiger partial charge in [0.25, 0.3) is 11.8 Å². The largest absolute Gasteiger partial charge is 0.414 e. The highest BCUT2D eigenvalue weighted by molar-refractivity contribution is 9.09. The highest BCUT2D eigenvalue weighted by atomic mass is 79.9. The average molecular weight is 495 g/mol. The molecule has 166 valence electrons. The van der Waals surface area contributed by atoms with Gasteiger partial charge in [-0.3, -0.25) is 14.5 Å². The zero-order valence-electron chi connectivity index (χ0n) is 19.0. The van der Waals surface area contributed by atoms with E-state index in [-0.39, 0.29) is 22.9 Å². The predicted molar refractivity (Wildman–Crippen MR) is 130 cm³/mol. The molecule has 1 aromatic rings. The minimum Gasteiger partial charge on any atom is -0.414 e. The van der Waals surface area contributed by atoms with Crippen LogP contribution in [-0.4, -0.2) is 43.0 Å². The number of hydrogen-bond acceptors (Lipinski definition) is 3. The van der Waals surface area contributed by atoms with Gasteiger partial charge in [-0.15, -0.1) is 0 Å². The molecule has 0 radical (unpaired) electrons. The summed E-state index contributed by atoms with van der Waals surface area (Å²) in [6, 6.07) is 6.69. The Morgan fingerprint density at radius 1 is 1.03 bits per heavy atom. The fourth-order valence-electron chi connectivity index (χ4n) is 3.20. The lowest BCUT2D eigenvalue weighted by Crippen LogP contribution is -2.47. The zero-order chi connectivity index (χ0) is 22.4. The van der Waals surface area contributed by atoms with Gasteiger partial charge in [-0.25, -0.2) is 0 Å². The molecule has 1 aliphatic heterocycles. The Morgan fingerprint density at radius 2 is 1.60 bits per heavy atom. The van der Waals surface area contributed by atoms with E-state index in [0.29, 0.717) is 17.7 Å². The van der Waals surface area contributed by atoms with Gasteiger partial charge in [0, 0.05) is 5.33 Å². The van der Waals surface area contributed by atoms with E-state index in [0.717, 1.165) is 18.2 Å². The van der Waals surface area contributed by atoms with Crippen LogP contribution >= 0.6 is 15.9 Å². The average Bonchev–Trinajstić information content (AvgIpc) is 2.94. The number of carbonyl (C=O) groups excluding carboxylic acids is 2. The van der Waals surface area contributed by atoms with Crippen LogP contribution in [0.5, 0.6) is 0 Å². The molecule has 0 aliphatic carbocycles. The van der Waals surface area contributed by atoms with E-state index in [1.54, 1.807) is 24.3 Å². The van der Waals surface area contributed by atoms with Crippen molar-refractivity contribution in [3.63, 3.8) is 0 Å². The fraction of sp³-hybridized carbons (Fsp3) is 0.583. The van der Waals surface area contributed by atoms with Crippen LogP contribution in [0.1, 0.15) is 73.6 Å². The molecule has 0 saturated heterocycles. The van der Waals surface area contributed by atoms with Gasteiger partial charge in [0.05, 0.1) is 23.8 Å². The highest BCUT2D eigenvalue weighted by Crippen LogP contribution is 2.37. The number of fused-ring (bicyclic) bond motifs is 1. The molecule has 1 atom stereocenters. The maximum Gasteiger partial charge on any atom is 0.262 e. The first-order valence-corrected chi connectivity index (χ1v) is 15.0. The third-order valence-electron chi connectivity index (χ3n) is 6.19. The van der Waals surface area contributed by atoms with Gasteiger partial charge in [-0.05, 0) is 49.5 Å². The Kier molecular flexibility index (Phi) is 9.07. The van der Waals surface area contributed by atoms with Gasteiger partial charge in [-0.2, -0.15) is 0 Å². The van der Waals surface area contributed by atoms with Crippen LogP contribution in [0.4, 0.5) is 0 Å². The molecule has 2 amide bonds. The molecule has 0 unspecified atom stereocenters. The molecule has 0 spiro atoms. The predicted octanol–water partition coefficient (Wildman–Crippen LogP) is 6.57.